The molecule has 1 unspecified atom stereocenters. The SMILES string of the molecule is COCC(N)C(=O)Nc1cc(C(F)(F)F)ccc1NS(C)(=O)=O.Cl. The summed E-state index contributed by atoms with van der Waals surface area (Å²) in [5.41, 5.74) is 3.86. The van der Waals surface area contributed by atoms with Crippen molar-refractivity contribution in [2.24, 2.45) is 5.73 Å². The molecule has 1 aromatic carbocycles. The second kappa shape index (κ2) is 8.51. The predicted molar refractivity (Wildman–Crippen MR) is 85.6 cm³/mol. The van der Waals surface area contributed by atoms with Gasteiger partial charge in [0.1, 0.15) is 6.04 Å². The van der Waals surface area contributed by atoms with E-state index in [9.17, 15) is 26.4 Å². The number of halogens is 4. The van der Waals surface area contributed by atoms with Crippen LogP contribution < -0.4 is 15.8 Å². The minimum atomic E-state index is -4.66. The largest absolute Gasteiger partial charge is 0.416 e. The Morgan fingerprint density at radius 1 is 1.33 bits per heavy atom. The van der Waals surface area contributed by atoms with E-state index in [1.807, 2.05) is 4.72 Å². The van der Waals surface area contributed by atoms with Crippen LogP contribution in [0.1, 0.15) is 5.56 Å². The molecule has 0 spiro atoms. The summed E-state index contributed by atoms with van der Waals surface area (Å²) in [6.45, 7) is -0.153. The number of benzene rings is 1. The molecular formula is C12H17ClF3N3O4S. The van der Waals surface area contributed by atoms with Crippen molar-refractivity contribution in [2.45, 2.75) is 12.2 Å². The van der Waals surface area contributed by atoms with Gasteiger partial charge in [-0.05, 0) is 18.2 Å². The lowest BCUT2D eigenvalue weighted by Gasteiger charge is -2.17. The van der Waals surface area contributed by atoms with Crippen LogP contribution in [0.3, 0.4) is 0 Å². The molecule has 0 aliphatic carbocycles. The quantitative estimate of drug-likeness (QED) is 0.679. The van der Waals surface area contributed by atoms with E-state index in [0.29, 0.717) is 12.1 Å². The number of nitrogens with one attached hydrogen (secondary N) is 2. The van der Waals surface area contributed by atoms with Gasteiger partial charge in [0.25, 0.3) is 0 Å². The first kappa shape index (κ1) is 22.4. The zero-order valence-corrected chi connectivity index (χ0v) is 14.3. The van der Waals surface area contributed by atoms with Gasteiger partial charge in [0.2, 0.25) is 15.9 Å². The van der Waals surface area contributed by atoms with Gasteiger partial charge in [0, 0.05) is 7.11 Å². The summed E-state index contributed by atoms with van der Waals surface area (Å²) < 4.78 is 67.5. The molecule has 12 heteroatoms. The average molecular weight is 392 g/mol. The maximum atomic E-state index is 12.8. The molecular weight excluding hydrogens is 375 g/mol. The van der Waals surface area contributed by atoms with Crippen molar-refractivity contribution in [1.29, 1.82) is 0 Å². The summed E-state index contributed by atoms with van der Waals surface area (Å²) in [7, 11) is -2.45. The molecule has 1 amide bonds. The fourth-order valence-electron chi connectivity index (χ4n) is 1.59. The van der Waals surface area contributed by atoms with Crippen LogP contribution in [0.2, 0.25) is 0 Å². The highest BCUT2D eigenvalue weighted by atomic mass is 35.5. The Balaban J connectivity index is 0.00000529. The number of carbonyl (C=O) groups excluding carboxylic acids is 1. The van der Waals surface area contributed by atoms with E-state index < -0.39 is 33.7 Å². The number of ether oxygens (including phenoxy) is 1. The zero-order valence-electron chi connectivity index (χ0n) is 12.7. The summed E-state index contributed by atoms with van der Waals surface area (Å²) in [5.74, 6) is -0.817. The van der Waals surface area contributed by atoms with Gasteiger partial charge < -0.3 is 15.8 Å². The van der Waals surface area contributed by atoms with Gasteiger partial charge in [0.05, 0.1) is 29.8 Å². The summed E-state index contributed by atoms with van der Waals surface area (Å²) >= 11 is 0. The fraction of sp³-hybridized carbons (Fsp3) is 0.417. The lowest BCUT2D eigenvalue weighted by Crippen LogP contribution is -2.39. The number of rotatable bonds is 6. The van der Waals surface area contributed by atoms with E-state index in [1.165, 1.54) is 7.11 Å². The Bertz CT molecular complexity index is 683. The van der Waals surface area contributed by atoms with Gasteiger partial charge in [-0.25, -0.2) is 8.42 Å². The molecule has 0 saturated heterocycles. The maximum Gasteiger partial charge on any atom is 0.416 e. The van der Waals surface area contributed by atoms with E-state index >= 15 is 0 Å². The van der Waals surface area contributed by atoms with Crippen LogP contribution in [0.4, 0.5) is 24.5 Å². The maximum absolute atomic E-state index is 12.8. The van der Waals surface area contributed by atoms with Gasteiger partial charge in [-0.3, -0.25) is 9.52 Å². The van der Waals surface area contributed by atoms with Crippen molar-refractivity contribution in [1.82, 2.24) is 0 Å². The van der Waals surface area contributed by atoms with Gasteiger partial charge in [-0.15, -0.1) is 12.4 Å². The molecule has 0 aromatic heterocycles. The van der Waals surface area contributed by atoms with Crippen molar-refractivity contribution >= 4 is 39.7 Å². The van der Waals surface area contributed by atoms with Crippen LogP contribution in [0.15, 0.2) is 18.2 Å². The Kier molecular flexibility index (Phi) is 7.96. The highest BCUT2D eigenvalue weighted by Crippen LogP contribution is 2.34. The molecule has 1 rings (SSSR count). The van der Waals surface area contributed by atoms with Crippen LogP contribution in [0.5, 0.6) is 0 Å². The van der Waals surface area contributed by atoms with Gasteiger partial charge in [-0.2, -0.15) is 13.2 Å². The number of sulfonamides is 1. The van der Waals surface area contributed by atoms with Crippen LogP contribution >= 0.6 is 12.4 Å². The normalized spacial score (nSPS) is 12.9. The summed E-state index contributed by atoms with van der Waals surface area (Å²) in [6, 6.07) is 1.09. The van der Waals surface area contributed by atoms with Crippen LogP contribution in [0.25, 0.3) is 0 Å². The van der Waals surface area contributed by atoms with E-state index in [1.54, 1.807) is 0 Å². The number of nitrogens with two attached hydrogens (primary N) is 1. The fourth-order valence-corrected chi connectivity index (χ4v) is 2.17. The number of alkyl halides is 3. The molecule has 1 atom stereocenters. The molecule has 0 aliphatic rings. The third-order valence-corrected chi connectivity index (χ3v) is 3.17. The van der Waals surface area contributed by atoms with Gasteiger partial charge in [-0.1, -0.05) is 0 Å². The number of methoxy groups -OCH3 is 1. The highest BCUT2D eigenvalue weighted by molar-refractivity contribution is 7.92. The minimum Gasteiger partial charge on any atom is -0.383 e. The smallest absolute Gasteiger partial charge is 0.383 e. The van der Waals surface area contributed by atoms with E-state index in [2.05, 4.69) is 10.1 Å². The standard InChI is InChI=1S/C12H16F3N3O4S.ClH/c1-22-6-8(16)11(19)17-10-5-7(12(13,14)15)3-4-9(10)18-23(2,20)21;/h3-5,8,18H,6,16H2,1-2H3,(H,17,19);1H. The van der Waals surface area contributed by atoms with Crippen molar-refractivity contribution in [3.8, 4) is 0 Å². The lowest BCUT2D eigenvalue weighted by atomic mass is 10.1. The zero-order chi connectivity index (χ0) is 17.8. The molecule has 1 aromatic rings. The third-order valence-electron chi connectivity index (χ3n) is 2.58. The topological polar surface area (TPSA) is 111 Å². The number of amides is 1. The van der Waals surface area contributed by atoms with Crippen LogP contribution in [-0.4, -0.2) is 40.3 Å². The molecule has 0 fully saturated rings. The monoisotopic (exact) mass is 391 g/mol. The predicted octanol–water partition coefficient (Wildman–Crippen LogP) is 1.41. The molecule has 0 radical (unpaired) electrons. The van der Waals surface area contributed by atoms with E-state index in [4.69, 9.17) is 5.73 Å². The molecule has 4 N–H and O–H groups in total. The van der Waals surface area contributed by atoms with Crippen molar-refractivity contribution in [3.05, 3.63) is 23.8 Å². The first-order valence-electron chi connectivity index (χ1n) is 6.18. The second-order valence-corrected chi connectivity index (χ2v) is 6.43. The summed E-state index contributed by atoms with van der Waals surface area (Å²) in [6.07, 6.45) is -3.83. The molecule has 7 nitrogen and oxygen atoms in total. The minimum absolute atomic E-state index is 0. The Morgan fingerprint density at radius 2 is 1.92 bits per heavy atom. The van der Waals surface area contributed by atoms with Crippen LogP contribution in [-0.2, 0) is 25.7 Å². The third kappa shape index (κ3) is 6.91. The highest BCUT2D eigenvalue weighted by Gasteiger charge is 2.31. The lowest BCUT2D eigenvalue weighted by molar-refractivity contribution is -0.137. The van der Waals surface area contributed by atoms with Crippen LogP contribution in [0, 0.1) is 0 Å². The van der Waals surface area contributed by atoms with Crippen molar-refractivity contribution in [2.75, 3.05) is 30.0 Å². The molecule has 24 heavy (non-hydrogen) atoms. The molecule has 0 saturated carbocycles. The Morgan fingerprint density at radius 3 is 2.38 bits per heavy atom. The number of anilines is 2. The number of hydrogen-bond acceptors (Lipinski definition) is 5. The Labute approximate surface area is 143 Å². The van der Waals surface area contributed by atoms with E-state index in [-0.39, 0.29) is 30.4 Å². The number of hydrogen-bond donors (Lipinski definition) is 3. The van der Waals surface area contributed by atoms with E-state index in [0.717, 1.165) is 12.3 Å². The first-order chi connectivity index (χ1) is 10.4. The summed E-state index contributed by atoms with van der Waals surface area (Å²) in [5, 5.41) is 2.16. The molecule has 138 valence electrons. The number of carbonyl (C=O) groups is 1. The van der Waals surface area contributed by atoms with Crippen molar-refractivity contribution in [3.63, 3.8) is 0 Å². The second-order valence-electron chi connectivity index (χ2n) is 4.68. The van der Waals surface area contributed by atoms with Gasteiger partial charge in [0.15, 0.2) is 0 Å². The summed E-state index contributed by atoms with van der Waals surface area (Å²) in [4.78, 5) is 11.8. The average Bonchev–Trinajstić information content (AvgIpc) is 2.38. The first-order valence-corrected chi connectivity index (χ1v) is 8.07. The van der Waals surface area contributed by atoms with Crippen molar-refractivity contribution < 1.29 is 31.1 Å². The Hall–Kier alpha value is -1.56. The van der Waals surface area contributed by atoms with Gasteiger partial charge >= 0.3 is 6.18 Å². The molecule has 0 bridgehead atoms. The molecule has 0 heterocycles. The molecule has 0 aliphatic heterocycles.